The first-order valence-corrected chi connectivity index (χ1v) is 6.74. The molecule has 0 spiro atoms. The van der Waals surface area contributed by atoms with E-state index >= 15 is 0 Å². The molecule has 1 aliphatic rings. The SMILES string of the molecule is CC1(c2cc(NC(=O)CC(F)(F)F)ccc2F)CCOC(N)=N1. The number of nitrogens with one attached hydrogen (secondary N) is 1. The Hall–Kier alpha value is -2.32. The van der Waals surface area contributed by atoms with Crippen LogP contribution in [-0.2, 0) is 15.1 Å². The lowest BCUT2D eigenvalue weighted by Crippen LogP contribution is -2.34. The minimum absolute atomic E-state index is 0.0529. The number of halogens is 4. The number of hydrogen-bond acceptors (Lipinski definition) is 4. The second-order valence-corrected chi connectivity index (χ2v) is 5.36. The fourth-order valence-electron chi connectivity index (χ4n) is 2.28. The molecule has 1 unspecified atom stereocenters. The molecule has 1 aromatic carbocycles. The maximum absolute atomic E-state index is 14.1. The van der Waals surface area contributed by atoms with E-state index in [2.05, 4.69) is 10.3 Å². The van der Waals surface area contributed by atoms with Gasteiger partial charge in [0.25, 0.3) is 6.02 Å². The molecule has 1 aromatic rings. The Morgan fingerprint density at radius 1 is 1.48 bits per heavy atom. The van der Waals surface area contributed by atoms with Gasteiger partial charge in [-0.3, -0.25) is 4.79 Å². The smallest absolute Gasteiger partial charge is 0.397 e. The molecule has 0 saturated carbocycles. The Balaban J connectivity index is 2.26. The van der Waals surface area contributed by atoms with Crippen molar-refractivity contribution in [2.75, 3.05) is 11.9 Å². The Kier molecular flexibility index (Phi) is 4.49. The summed E-state index contributed by atoms with van der Waals surface area (Å²) in [5, 5.41) is 2.10. The van der Waals surface area contributed by atoms with Crippen molar-refractivity contribution < 1.29 is 27.1 Å². The van der Waals surface area contributed by atoms with Gasteiger partial charge in [0.1, 0.15) is 12.2 Å². The normalized spacial score (nSPS) is 21.3. The molecule has 0 aliphatic carbocycles. The van der Waals surface area contributed by atoms with Crippen molar-refractivity contribution in [1.82, 2.24) is 0 Å². The van der Waals surface area contributed by atoms with Gasteiger partial charge in [-0.25, -0.2) is 9.38 Å². The maximum atomic E-state index is 14.1. The molecule has 0 aromatic heterocycles. The number of nitrogens with two attached hydrogens (primary N) is 1. The Morgan fingerprint density at radius 2 is 2.17 bits per heavy atom. The van der Waals surface area contributed by atoms with Crippen LogP contribution in [0.4, 0.5) is 23.2 Å². The molecule has 3 N–H and O–H groups in total. The number of nitrogens with zero attached hydrogens (tertiary/aromatic N) is 1. The molecule has 9 heteroatoms. The molecule has 2 rings (SSSR count). The summed E-state index contributed by atoms with van der Waals surface area (Å²) in [5.41, 5.74) is 4.65. The van der Waals surface area contributed by atoms with Crippen LogP contribution < -0.4 is 11.1 Å². The highest BCUT2D eigenvalue weighted by atomic mass is 19.4. The molecular weight excluding hydrogens is 318 g/mol. The van der Waals surface area contributed by atoms with Crippen LogP contribution in [-0.4, -0.2) is 24.7 Å². The highest BCUT2D eigenvalue weighted by Crippen LogP contribution is 2.35. The largest absolute Gasteiger partial charge is 0.465 e. The average molecular weight is 333 g/mol. The summed E-state index contributed by atoms with van der Waals surface area (Å²) >= 11 is 0. The first-order valence-electron chi connectivity index (χ1n) is 6.74. The van der Waals surface area contributed by atoms with E-state index in [1.54, 1.807) is 6.92 Å². The molecule has 1 aliphatic heterocycles. The summed E-state index contributed by atoms with van der Waals surface area (Å²) in [6.45, 7) is 1.86. The van der Waals surface area contributed by atoms with Gasteiger partial charge in [0.2, 0.25) is 5.91 Å². The second kappa shape index (κ2) is 6.05. The Morgan fingerprint density at radius 3 is 2.78 bits per heavy atom. The summed E-state index contributed by atoms with van der Waals surface area (Å²) in [7, 11) is 0. The molecule has 126 valence electrons. The first kappa shape index (κ1) is 17.0. The third kappa shape index (κ3) is 4.33. The standard InChI is InChI=1S/C14H15F4N3O2/c1-13(4-5-23-12(19)21-13)9-6-8(2-3-10(9)15)20-11(22)7-14(16,17)18/h2-3,6H,4-5,7H2,1H3,(H2,19,21)(H,20,22). The number of amides is 1. The first-order chi connectivity index (χ1) is 10.6. The fraction of sp³-hybridized carbons (Fsp3) is 0.429. The molecule has 23 heavy (non-hydrogen) atoms. The van der Waals surface area contributed by atoms with Gasteiger partial charge in [0, 0.05) is 17.7 Å². The van der Waals surface area contributed by atoms with Crippen molar-refractivity contribution in [3.63, 3.8) is 0 Å². The Bertz CT molecular complexity index is 645. The lowest BCUT2D eigenvalue weighted by molar-refractivity contribution is -0.150. The number of carbonyl (C=O) groups excluding carboxylic acids is 1. The van der Waals surface area contributed by atoms with Gasteiger partial charge in [0.05, 0.1) is 12.1 Å². The zero-order valence-corrected chi connectivity index (χ0v) is 12.2. The van der Waals surface area contributed by atoms with Crippen LogP contribution in [0.25, 0.3) is 0 Å². The zero-order chi connectivity index (χ0) is 17.3. The van der Waals surface area contributed by atoms with Crippen LogP contribution in [0.2, 0.25) is 0 Å². The second-order valence-electron chi connectivity index (χ2n) is 5.36. The Labute approximate surface area is 129 Å². The number of anilines is 1. The molecule has 5 nitrogen and oxygen atoms in total. The van der Waals surface area contributed by atoms with Gasteiger partial charge < -0.3 is 15.8 Å². The van der Waals surface area contributed by atoms with Crippen LogP contribution >= 0.6 is 0 Å². The van der Waals surface area contributed by atoms with Crippen LogP contribution in [0.1, 0.15) is 25.3 Å². The molecule has 0 fully saturated rings. The van der Waals surface area contributed by atoms with Gasteiger partial charge in [0.15, 0.2) is 0 Å². The van der Waals surface area contributed by atoms with Crippen molar-refractivity contribution in [1.29, 1.82) is 0 Å². The van der Waals surface area contributed by atoms with Crippen molar-refractivity contribution >= 4 is 17.6 Å². The van der Waals surface area contributed by atoms with Crippen LogP contribution in [0.15, 0.2) is 23.2 Å². The summed E-state index contributed by atoms with van der Waals surface area (Å²) in [4.78, 5) is 15.4. The van der Waals surface area contributed by atoms with Crippen molar-refractivity contribution in [3.05, 3.63) is 29.6 Å². The van der Waals surface area contributed by atoms with Crippen LogP contribution in [0.5, 0.6) is 0 Å². The average Bonchev–Trinajstić information content (AvgIpc) is 2.38. The number of amidine groups is 1. The van der Waals surface area contributed by atoms with Crippen molar-refractivity contribution in [2.24, 2.45) is 10.7 Å². The minimum Gasteiger partial charge on any atom is -0.465 e. The number of ether oxygens (including phenoxy) is 1. The lowest BCUT2D eigenvalue weighted by atomic mass is 9.88. The summed E-state index contributed by atoms with van der Waals surface area (Å²) in [6, 6.07) is 3.41. The predicted octanol–water partition coefficient (Wildman–Crippen LogP) is 2.67. The minimum atomic E-state index is -4.61. The predicted molar refractivity (Wildman–Crippen MR) is 75.2 cm³/mol. The molecule has 0 radical (unpaired) electrons. The third-order valence-corrected chi connectivity index (χ3v) is 3.39. The summed E-state index contributed by atoms with van der Waals surface area (Å²) in [5.74, 6) is -1.82. The van der Waals surface area contributed by atoms with Gasteiger partial charge >= 0.3 is 6.18 Å². The molecule has 1 amide bonds. The van der Waals surface area contributed by atoms with E-state index < -0.39 is 29.9 Å². The van der Waals surface area contributed by atoms with Crippen molar-refractivity contribution in [3.8, 4) is 0 Å². The number of carbonyl (C=O) groups is 1. The van der Waals surface area contributed by atoms with Gasteiger partial charge in [-0.15, -0.1) is 0 Å². The van der Waals surface area contributed by atoms with Crippen LogP contribution in [0.3, 0.4) is 0 Å². The number of alkyl halides is 3. The summed E-state index contributed by atoms with van der Waals surface area (Å²) < 4.78 is 55.6. The highest BCUT2D eigenvalue weighted by molar-refractivity contribution is 5.91. The van der Waals surface area contributed by atoms with Gasteiger partial charge in [-0.2, -0.15) is 13.2 Å². The van der Waals surface area contributed by atoms with Crippen molar-refractivity contribution in [2.45, 2.75) is 31.5 Å². The van der Waals surface area contributed by atoms with E-state index in [4.69, 9.17) is 10.5 Å². The highest BCUT2D eigenvalue weighted by Gasteiger charge is 2.34. The van der Waals surface area contributed by atoms with E-state index in [0.717, 1.165) is 6.07 Å². The molecule has 0 bridgehead atoms. The van der Waals surface area contributed by atoms with Gasteiger partial charge in [-0.05, 0) is 25.1 Å². The fourth-order valence-corrected chi connectivity index (χ4v) is 2.28. The third-order valence-electron chi connectivity index (χ3n) is 3.39. The number of aliphatic imine (C=N–C) groups is 1. The van der Waals surface area contributed by atoms with E-state index in [0.29, 0.717) is 6.42 Å². The monoisotopic (exact) mass is 333 g/mol. The molecule has 1 atom stereocenters. The molecular formula is C14H15F4N3O2. The topological polar surface area (TPSA) is 76.7 Å². The van der Waals surface area contributed by atoms with E-state index in [1.807, 2.05) is 0 Å². The summed E-state index contributed by atoms with van der Waals surface area (Å²) in [6.07, 6.45) is -5.89. The van der Waals surface area contributed by atoms with E-state index in [1.165, 1.54) is 12.1 Å². The maximum Gasteiger partial charge on any atom is 0.397 e. The zero-order valence-electron chi connectivity index (χ0n) is 12.2. The number of benzene rings is 1. The molecule has 1 heterocycles. The van der Waals surface area contributed by atoms with E-state index in [-0.39, 0.29) is 23.9 Å². The van der Waals surface area contributed by atoms with Gasteiger partial charge in [-0.1, -0.05) is 0 Å². The quantitative estimate of drug-likeness (QED) is 0.835. The molecule has 0 saturated heterocycles. The number of hydrogen-bond donors (Lipinski definition) is 2. The van der Waals surface area contributed by atoms with E-state index in [9.17, 15) is 22.4 Å². The van der Waals surface area contributed by atoms with Crippen LogP contribution in [0, 0.1) is 5.82 Å². The lowest BCUT2D eigenvalue weighted by Gasteiger charge is -2.30. The number of rotatable bonds is 3.